The first-order valence-corrected chi connectivity index (χ1v) is 11.8. The van der Waals surface area contributed by atoms with Gasteiger partial charge in [0.05, 0.1) is 7.11 Å². The van der Waals surface area contributed by atoms with Gasteiger partial charge in [-0.15, -0.1) is 0 Å². The number of ether oxygens (including phenoxy) is 2. The maximum absolute atomic E-state index is 13.1. The summed E-state index contributed by atoms with van der Waals surface area (Å²) in [5.74, 6) is 2.05. The van der Waals surface area contributed by atoms with Gasteiger partial charge in [0, 0.05) is 17.7 Å². The van der Waals surface area contributed by atoms with E-state index in [-0.39, 0.29) is 12.2 Å². The first-order chi connectivity index (χ1) is 16.2. The van der Waals surface area contributed by atoms with Gasteiger partial charge in [-0.3, -0.25) is 4.79 Å². The Hall–Kier alpha value is -3.44. The molecular weight excluding hydrogens is 452 g/mol. The van der Waals surface area contributed by atoms with E-state index in [9.17, 15) is 14.4 Å². The summed E-state index contributed by atoms with van der Waals surface area (Å²) in [5, 5.41) is 8.22. The van der Waals surface area contributed by atoms with Gasteiger partial charge in [-0.05, 0) is 43.7 Å². The Kier molecular flexibility index (Phi) is 10.5. The van der Waals surface area contributed by atoms with Crippen molar-refractivity contribution in [1.29, 1.82) is 0 Å². The number of alkyl carbamates (subject to hydrolysis) is 1. The minimum Gasteiger partial charge on any atom is -0.467 e. The quantitative estimate of drug-likeness (QED) is 0.442. The molecule has 0 aromatic heterocycles. The van der Waals surface area contributed by atoms with Crippen LogP contribution in [0.5, 0.6) is 0 Å². The number of rotatable bonds is 8. The molecule has 0 aliphatic heterocycles. The standard InChI is InChI=1S/C26H30N2O5S/c1-26(2,3)33-25(31)28-21(17-20-13-9-6-10-14-20)23(29)27-22(24(30)32-4)18-34-16-15-19-11-7-5-8-12-19/h5-14,21-22H,17-18H2,1-4H3,(H,27,29)(H,28,31). The van der Waals surface area contributed by atoms with Crippen molar-refractivity contribution in [1.82, 2.24) is 10.6 Å². The van der Waals surface area contributed by atoms with E-state index in [1.165, 1.54) is 18.9 Å². The highest BCUT2D eigenvalue weighted by molar-refractivity contribution is 8.03. The smallest absolute Gasteiger partial charge is 0.408 e. The average molecular weight is 483 g/mol. The summed E-state index contributed by atoms with van der Waals surface area (Å²) in [5.41, 5.74) is 0.968. The molecule has 2 unspecified atom stereocenters. The molecule has 0 spiro atoms. The number of amides is 2. The van der Waals surface area contributed by atoms with Crippen LogP contribution in [0.15, 0.2) is 60.7 Å². The number of thioether (sulfide) groups is 1. The fourth-order valence-electron chi connectivity index (χ4n) is 2.83. The molecule has 180 valence electrons. The van der Waals surface area contributed by atoms with Crippen molar-refractivity contribution in [3.63, 3.8) is 0 Å². The largest absolute Gasteiger partial charge is 0.467 e. The molecule has 0 aliphatic carbocycles. The molecule has 0 radical (unpaired) electrons. The van der Waals surface area contributed by atoms with Gasteiger partial charge in [0.1, 0.15) is 17.7 Å². The van der Waals surface area contributed by atoms with Crippen LogP contribution in [-0.2, 0) is 25.5 Å². The maximum atomic E-state index is 13.1. The molecule has 0 fully saturated rings. The summed E-state index contributed by atoms with van der Waals surface area (Å²) in [4.78, 5) is 37.7. The van der Waals surface area contributed by atoms with Gasteiger partial charge in [0.2, 0.25) is 5.91 Å². The van der Waals surface area contributed by atoms with E-state index in [0.717, 1.165) is 11.1 Å². The molecule has 0 heterocycles. The van der Waals surface area contributed by atoms with E-state index in [2.05, 4.69) is 21.8 Å². The normalized spacial score (nSPS) is 12.4. The molecule has 8 heteroatoms. The van der Waals surface area contributed by atoms with Crippen molar-refractivity contribution < 1.29 is 23.9 Å². The highest BCUT2D eigenvalue weighted by Crippen LogP contribution is 2.10. The first-order valence-electron chi connectivity index (χ1n) is 10.8. The zero-order chi connectivity index (χ0) is 25.0. The number of hydrogen-bond acceptors (Lipinski definition) is 6. The SMILES string of the molecule is COC(=O)C(CSC#Cc1ccccc1)NC(=O)C(Cc1ccccc1)NC(=O)OC(C)(C)C. The lowest BCUT2D eigenvalue weighted by molar-refractivity contribution is -0.144. The average Bonchev–Trinajstić information content (AvgIpc) is 2.80. The summed E-state index contributed by atoms with van der Waals surface area (Å²) in [6.45, 7) is 5.21. The summed E-state index contributed by atoms with van der Waals surface area (Å²) >= 11 is 1.19. The highest BCUT2D eigenvalue weighted by atomic mass is 32.2. The molecule has 0 saturated heterocycles. The monoisotopic (exact) mass is 482 g/mol. The Morgan fingerprint density at radius 3 is 2.15 bits per heavy atom. The van der Waals surface area contributed by atoms with Crippen molar-refractivity contribution in [3.8, 4) is 11.2 Å². The third-order valence-electron chi connectivity index (χ3n) is 4.38. The van der Waals surface area contributed by atoms with E-state index in [4.69, 9.17) is 9.47 Å². The third-order valence-corrected chi connectivity index (χ3v) is 5.13. The molecule has 0 bridgehead atoms. The topological polar surface area (TPSA) is 93.7 Å². The molecule has 2 N–H and O–H groups in total. The number of benzene rings is 2. The van der Waals surface area contributed by atoms with Gasteiger partial charge in [0.25, 0.3) is 0 Å². The first kappa shape index (κ1) is 26.8. The number of nitrogens with one attached hydrogen (secondary N) is 2. The van der Waals surface area contributed by atoms with Crippen molar-refractivity contribution in [2.45, 2.75) is 44.9 Å². The minimum absolute atomic E-state index is 0.183. The number of carbonyl (C=O) groups is 3. The predicted octanol–water partition coefficient (Wildman–Crippen LogP) is 3.52. The fraction of sp³-hybridized carbons (Fsp3) is 0.346. The van der Waals surface area contributed by atoms with Crippen LogP contribution in [-0.4, -0.2) is 48.5 Å². The lowest BCUT2D eigenvalue weighted by Crippen LogP contribution is -2.54. The van der Waals surface area contributed by atoms with Gasteiger partial charge in [-0.1, -0.05) is 66.2 Å². The van der Waals surface area contributed by atoms with Crippen LogP contribution in [0, 0.1) is 11.2 Å². The second kappa shape index (κ2) is 13.3. The highest BCUT2D eigenvalue weighted by Gasteiger charge is 2.29. The molecule has 0 saturated carbocycles. The maximum Gasteiger partial charge on any atom is 0.408 e. The Bertz CT molecular complexity index is 1010. The van der Waals surface area contributed by atoms with E-state index in [1.54, 1.807) is 20.8 Å². The van der Waals surface area contributed by atoms with Crippen LogP contribution in [0.25, 0.3) is 0 Å². The van der Waals surface area contributed by atoms with Crippen LogP contribution in [0.3, 0.4) is 0 Å². The summed E-state index contributed by atoms with van der Waals surface area (Å²) in [7, 11) is 1.25. The lowest BCUT2D eigenvalue weighted by atomic mass is 10.1. The van der Waals surface area contributed by atoms with Crippen LogP contribution >= 0.6 is 11.8 Å². The minimum atomic E-state index is -0.954. The van der Waals surface area contributed by atoms with E-state index < -0.39 is 35.7 Å². The Morgan fingerprint density at radius 1 is 0.941 bits per heavy atom. The summed E-state index contributed by atoms with van der Waals surface area (Å²) < 4.78 is 10.2. The molecule has 2 atom stereocenters. The molecular formula is C26H30N2O5S. The van der Waals surface area contributed by atoms with E-state index >= 15 is 0 Å². The van der Waals surface area contributed by atoms with Gasteiger partial charge in [-0.2, -0.15) is 0 Å². The van der Waals surface area contributed by atoms with Crippen molar-refractivity contribution in [2.75, 3.05) is 12.9 Å². The Labute approximate surface area is 205 Å². The molecule has 2 aromatic carbocycles. The Morgan fingerprint density at radius 2 is 1.56 bits per heavy atom. The van der Waals surface area contributed by atoms with E-state index in [1.807, 2.05) is 60.7 Å². The van der Waals surface area contributed by atoms with Crippen molar-refractivity contribution in [3.05, 3.63) is 71.8 Å². The number of carbonyl (C=O) groups excluding carboxylic acids is 3. The third kappa shape index (κ3) is 10.0. The van der Waals surface area contributed by atoms with Crippen LogP contribution < -0.4 is 10.6 Å². The van der Waals surface area contributed by atoms with Crippen molar-refractivity contribution >= 4 is 29.7 Å². The fourth-order valence-corrected chi connectivity index (χ4v) is 3.49. The summed E-state index contributed by atoms with van der Waals surface area (Å²) in [6.07, 6.45) is -0.498. The predicted molar refractivity (Wildman–Crippen MR) is 133 cm³/mol. The molecule has 2 amide bonds. The van der Waals surface area contributed by atoms with Gasteiger partial charge in [-0.25, -0.2) is 9.59 Å². The number of methoxy groups -OCH3 is 1. The van der Waals surface area contributed by atoms with Crippen molar-refractivity contribution in [2.24, 2.45) is 0 Å². The van der Waals surface area contributed by atoms with Gasteiger partial charge < -0.3 is 20.1 Å². The van der Waals surface area contributed by atoms with Crippen LogP contribution in [0.2, 0.25) is 0 Å². The molecule has 2 rings (SSSR count). The second-order valence-corrected chi connectivity index (χ2v) is 9.20. The van der Waals surface area contributed by atoms with Crippen LogP contribution in [0.4, 0.5) is 4.79 Å². The lowest BCUT2D eigenvalue weighted by Gasteiger charge is -2.24. The molecule has 2 aromatic rings. The van der Waals surface area contributed by atoms with Crippen LogP contribution in [0.1, 0.15) is 31.9 Å². The second-order valence-electron chi connectivity index (χ2n) is 8.38. The molecule has 0 aliphatic rings. The zero-order valence-corrected chi connectivity index (χ0v) is 20.6. The summed E-state index contributed by atoms with van der Waals surface area (Å²) in [6, 6.07) is 16.8. The number of esters is 1. The van der Waals surface area contributed by atoms with Gasteiger partial charge >= 0.3 is 12.1 Å². The molecule has 7 nitrogen and oxygen atoms in total. The molecule has 34 heavy (non-hydrogen) atoms. The Balaban J connectivity index is 2.09. The number of hydrogen-bond donors (Lipinski definition) is 2. The van der Waals surface area contributed by atoms with E-state index in [0.29, 0.717) is 0 Å². The van der Waals surface area contributed by atoms with Gasteiger partial charge in [0.15, 0.2) is 0 Å². The zero-order valence-electron chi connectivity index (χ0n) is 19.8.